The van der Waals surface area contributed by atoms with Crippen LogP contribution in [0.3, 0.4) is 0 Å². The molecule has 0 saturated heterocycles. The second-order valence-corrected chi connectivity index (χ2v) is 9.08. The zero-order chi connectivity index (χ0) is 27.5. The Hall–Kier alpha value is -4.28. The van der Waals surface area contributed by atoms with Crippen molar-refractivity contribution >= 4 is 23.7 Å². The number of nitrogens with one attached hydrogen (secondary N) is 3. The number of carbonyl (C=O) groups is 1. The Bertz CT molecular complexity index is 1360. The molecular weight excluding hydrogens is 499 g/mol. The summed E-state index contributed by atoms with van der Waals surface area (Å²) in [6.07, 6.45) is -0.617. The van der Waals surface area contributed by atoms with Crippen LogP contribution < -0.4 is 25.4 Å². The highest BCUT2D eigenvalue weighted by Gasteiger charge is 2.40. The van der Waals surface area contributed by atoms with Crippen LogP contribution in [0, 0.1) is 6.92 Å². The molecule has 3 aromatic rings. The fraction of sp³-hybridized carbons (Fsp3) is 0.296. The SMILES string of the molecule is COc1ccc(C(F)(F)F)cc1NC(=O)NC1(Oc2cc(C)nc(NC(C)C)n2)CC=Cc2ccccc21. The second kappa shape index (κ2) is 10.6. The molecule has 0 aliphatic heterocycles. The average molecular weight is 528 g/mol. The van der Waals surface area contributed by atoms with Crippen LogP contribution >= 0.6 is 0 Å². The highest BCUT2D eigenvalue weighted by Crippen LogP contribution is 2.37. The predicted molar refractivity (Wildman–Crippen MR) is 138 cm³/mol. The second-order valence-electron chi connectivity index (χ2n) is 9.08. The molecule has 0 fully saturated rings. The van der Waals surface area contributed by atoms with Gasteiger partial charge < -0.3 is 20.1 Å². The Morgan fingerprint density at radius 3 is 2.58 bits per heavy atom. The molecule has 1 aliphatic carbocycles. The van der Waals surface area contributed by atoms with Gasteiger partial charge in [-0.05, 0) is 44.5 Å². The monoisotopic (exact) mass is 527 g/mol. The number of ether oxygens (including phenoxy) is 2. The summed E-state index contributed by atoms with van der Waals surface area (Å²) >= 11 is 0. The van der Waals surface area contributed by atoms with Crippen molar-refractivity contribution in [3.05, 3.63) is 77.0 Å². The van der Waals surface area contributed by atoms with E-state index in [1.165, 1.54) is 7.11 Å². The molecule has 38 heavy (non-hydrogen) atoms. The molecule has 200 valence electrons. The van der Waals surface area contributed by atoms with Crippen molar-refractivity contribution in [2.24, 2.45) is 0 Å². The van der Waals surface area contributed by atoms with Gasteiger partial charge in [0.25, 0.3) is 0 Å². The van der Waals surface area contributed by atoms with E-state index in [4.69, 9.17) is 9.47 Å². The van der Waals surface area contributed by atoms with Crippen molar-refractivity contribution in [3.8, 4) is 11.6 Å². The minimum Gasteiger partial charge on any atom is -0.495 e. The number of methoxy groups -OCH3 is 1. The van der Waals surface area contributed by atoms with Gasteiger partial charge in [-0.15, -0.1) is 0 Å². The Balaban J connectivity index is 1.70. The summed E-state index contributed by atoms with van der Waals surface area (Å²) in [5.74, 6) is 0.647. The van der Waals surface area contributed by atoms with Gasteiger partial charge in [-0.1, -0.05) is 36.4 Å². The van der Waals surface area contributed by atoms with Gasteiger partial charge in [-0.3, -0.25) is 5.32 Å². The van der Waals surface area contributed by atoms with Crippen LogP contribution in [0.1, 0.15) is 42.7 Å². The van der Waals surface area contributed by atoms with Crippen molar-refractivity contribution in [1.82, 2.24) is 15.3 Å². The molecule has 1 aliphatic rings. The van der Waals surface area contributed by atoms with E-state index < -0.39 is 23.5 Å². The van der Waals surface area contributed by atoms with E-state index in [0.29, 0.717) is 17.2 Å². The predicted octanol–water partition coefficient (Wildman–Crippen LogP) is 6.10. The Morgan fingerprint density at radius 2 is 1.87 bits per heavy atom. The summed E-state index contributed by atoms with van der Waals surface area (Å²) in [6, 6.07) is 11.1. The molecular formula is C27H28F3N5O3. The molecule has 0 saturated carbocycles. The number of carbonyl (C=O) groups excluding carboxylic acids is 1. The summed E-state index contributed by atoms with van der Waals surface area (Å²) < 4.78 is 51.5. The van der Waals surface area contributed by atoms with Crippen LogP contribution in [-0.2, 0) is 11.9 Å². The maximum atomic E-state index is 13.3. The van der Waals surface area contributed by atoms with Crippen molar-refractivity contribution in [2.45, 2.75) is 45.1 Å². The van der Waals surface area contributed by atoms with E-state index in [0.717, 1.165) is 23.8 Å². The van der Waals surface area contributed by atoms with E-state index in [1.54, 1.807) is 13.0 Å². The molecule has 1 heterocycles. The van der Waals surface area contributed by atoms with Crippen molar-refractivity contribution in [1.29, 1.82) is 0 Å². The summed E-state index contributed by atoms with van der Waals surface area (Å²) in [7, 11) is 1.30. The van der Waals surface area contributed by atoms with Crippen molar-refractivity contribution in [2.75, 3.05) is 17.7 Å². The lowest BCUT2D eigenvalue weighted by Crippen LogP contribution is -2.52. The van der Waals surface area contributed by atoms with Crippen LogP contribution in [-0.4, -0.2) is 29.2 Å². The summed E-state index contributed by atoms with van der Waals surface area (Å²) in [5, 5.41) is 8.46. The van der Waals surface area contributed by atoms with E-state index in [9.17, 15) is 18.0 Å². The first kappa shape index (κ1) is 26.8. The number of alkyl halides is 3. The number of aromatic nitrogens is 2. The first-order valence-electron chi connectivity index (χ1n) is 11.9. The highest BCUT2D eigenvalue weighted by molar-refractivity contribution is 5.92. The summed E-state index contributed by atoms with van der Waals surface area (Å²) in [5.41, 5.74) is -0.375. The number of hydrogen-bond donors (Lipinski definition) is 3. The number of fused-ring (bicyclic) bond motifs is 1. The first-order valence-corrected chi connectivity index (χ1v) is 11.9. The normalized spacial score (nSPS) is 16.5. The van der Waals surface area contributed by atoms with Crippen LogP contribution in [0.2, 0.25) is 0 Å². The third-order valence-corrected chi connectivity index (χ3v) is 5.72. The standard InChI is InChI=1S/C27H28F3N5O3/c1-16(2)31-24-32-17(3)14-23(34-24)38-26(13-7-9-18-8-5-6-10-20(18)26)35-25(36)33-21-15-19(27(28,29)30)11-12-22(21)37-4/h5-12,14-16H,13H2,1-4H3,(H,31,32,34)(H2,33,35,36). The minimum atomic E-state index is -4.59. The number of amides is 2. The maximum absolute atomic E-state index is 13.3. The van der Waals surface area contributed by atoms with Crippen LogP contribution in [0.25, 0.3) is 6.08 Å². The van der Waals surface area contributed by atoms with E-state index >= 15 is 0 Å². The van der Waals surface area contributed by atoms with Gasteiger partial charge in [0.1, 0.15) is 5.75 Å². The molecule has 2 amide bonds. The highest BCUT2D eigenvalue weighted by atomic mass is 19.4. The lowest BCUT2D eigenvalue weighted by molar-refractivity contribution is -0.137. The van der Waals surface area contributed by atoms with Gasteiger partial charge in [0, 0.05) is 29.8 Å². The lowest BCUT2D eigenvalue weighted by Gasteiger charge is -2.37. The van der Waals surface area contributed by atoms with Crippen LogP contribution in [0.5, 0.6) is 11.6 Å². The van der Waals surface area contributed by atoms with E-state index in [2.05, 4.69) is 25.9 Å². The average Bonchev–Trinajstić information content (AvgIpc) is 2.83. The number of anilines is 2. The molecule has 11 heteroatoms. The molecule has 2 aromatic carbocycles. The molecule has 1 unspecified atom stereocenters. The van der Waals surface area contributed by atoms with Crippen LogP contribution in [0.4, 0.5) is 29.6 Å². The fourth-order valence-electron chi connectivity index (χ4n) is 4.12. The number of halogens is 3. The molecule has 4 rings (SSSR count). The number of hydrogen-bond acceptors (Lipinski definition) is 6. The molecule has 3 N–H and O–H groups in total. The van der Waals surface area contributed by atoms with E-state index in [-0.39, 0.29) is 29.8 Å². The smallest absolute Gasteiger partial charge is 0.416 e. The van der Waals surface area contributed by atoms with Gasteiger partial charge in [0.05, 0.1) is 18.4 Å². The lowest BCUT2D eigenvalue weighted by atomic mass is 9.89. The molecule has 0 bridgehead atoms. The zero-order valence-corrected chi connectivity index (χ0v) is 21.3. The topological polar surface area (TPSA) is 97.4 Å². The quantitative estimate of drug-likeness (QED) is 0.321. The summed E-state index contributed by atoms with van der Waals surface area (Å²) in [4.78, 5) is 22.1. The van der Waals surface area contributed by atoms with Gasteiger partial charge in [0.2, 0.25) is 17.6 Å². The first-order chi connectivity index (χ1) is 18.0. The largest absolute Gasteiger partial charge is 0.495 e. The Labute approximate surface area is 218 Å². The minimum absolute atomic E-state index is 0.0721. The van der Waals surface area contributed by atoms with Crippen molar-refractivity contribution < 1.29 is 27.4 Å². The molecule has 0 spiro atoms. The van der Waals surface area contributed by atoms with Crippen LogP contribution in [0.15, 0.2) is 54.6 Å². The zero-order valence-electron chi connectivity index (χ0n) is 21.3. The Kier molecular flexibility index (Phi) is 7.47. The molecule has 8 nitrogen and oxygen atoms in total. The number of urea groups is 1. The van der Waals surface area contributed by atoms with Gasteiger partial charge in [0.15, 0.2) is 0 Å². The van der Waals surface area contributed by atoms with Crippen molar-refractivity contribution in [3.63, 3.8) is 0 Å². The number of nitrogens with zero attached hydrogens (tertiary/aromatic N) is 2. The van der Waals surface area contributed by atoms with Gasteiger partial charge in [-0.2, -0.15) is 18.2 Å². The molecule has 1 aromatic heterocycles. The summed E-state index contributed by atoms with van der Waals surface area (Å²) in [6.45, 7) is 5.69. The molecule has 1 atom stereocenters. The fourth-order valence-corrected chi connectivity index (χ4v) is 4.12. The van der Waals surface area contributed by atoms with Gasteiger partial charge >= 0.3 is 12.2 Å². The number of aryl methyl sites for hydroxylation is 1. The van der Waals surface area contributed by atoms with E-state index in [1.807, 2.05) is 50.3 Å². The number of benzene rings is 2. The Morgan fingerprint density at radius 1 is 1.11 bits per heavy atom. The third-order valence-electron chi connectivity index (χ3n) is 5.72. The third kappa shape index (κ3) is 5.99. The maximum Gasteiger partial charge on any atom is 0.416 e. The van der Waals surface area contributed by atoms with Gasteiger partial charge in [-0.25, -0.2) is 9.78 Å². The number of rotatable bonds is 7. The molecule has 0 radical (unpaired) electrons.